The third kappa shape index (κ3) is 3.49. The molecule has 2 amide bonds. The van der Waals surface area contributed by atoms with Crippen LogP contribution in [-0.4, -0.2) is 44.0 Å². The maximum absolute atomic E-state index is 12.9. The highest BCUT2D eigenvalue weighted by molar-refractivity contribution is 5.93. The molecule has 5 heteroatoms. The van der Waals surface area contributed by atoms with Gasteiger partial charge in [-0.25, -0.2) is 0 Å². The molecule has 0 bridgehead atoms. The van der Waals surface area contributed by atoms with E-state index in [0.29, 0.717) is 0 Å². The van der Waals surface area contributed by atoms with Gasteiger partial charge in [0.15, 0.2) is 0 Å². The lowest BCUT2D eigenvalue weighted by atomic mass is 9.77. The Hall–Kier alpha value is -2.04. The van der Waals surface area contributed by atoms with Crippen LogP contribution in [0.3, 0.4) is 0 Å². The van der Waals surface area contributed by atoms with Gasteiger partial charge < -0.3 is 15.0 Å². The van der Waals surface area contributed by atoms with E-state index in [2.05, 4.69) is 5.32 Å². The summed E-state index contributed by atoms with van der Waals surface area (Å²) in [6.45, 7) is 1.73. The molecule has 1 N–H and O–H groups in total. The summed E-state index contributed by atoms with van der Waals surface area (Å²) in [6.07, 6.45) is 3.67. The van der Waals surface area contributed by atoms with Crippen LogP contribution >= 0.6 is 0 Å². The van der Waals surface area contributed by atoms with E-state index in [9.17, 15) is 9.59 Å². The number of ether oxygens (including phenoxy) is 1. The Bertz CT molecular complexity index is 560. The van der Waals surface area contributed by atoms with Crippen molar-refractivity contribution in [2.75, 3.05) is 21.2 Å². The smallest absolute Gasteiger partial charge is 0.244 e. The second kappa shape index (κ2) is 7.02. The van der Waals surface area contributed by atoms with Crippen molar-refractivity contribution in [2.45, 2.75) is 44.1 Å². The molecule has 1 saturated carbocycles. The Kier molecular flexibility index (Phi) is 5.29. The predicted molar refractivity (Wildman–Crippen MR) is 89.4 cm³/mol. The lowest BCUT2D eigenvalue weighted by Crippen LogP contribution is -2.51. The van der Waals surface area contributed by atoms with Gasteiger partial charge in [0, 0.05) is 14.1 Å². The molecule has 1 aromatic carbocycles. The van der Waals surface area contributed by atoms with E-state index < -0.39 is 11.5 Å². The Morgan fingerprint density at radius 1 is 1.17 bits per heavy atom. The van der Waals surface area contributed by atoms with Gasteiger partial charge in [0.1, 0.15) is 11.8 Å². The Morgan fingerprint density at radius 2 is 1.74 bits per heavy atom. The fourth-order valence-electron chi connectivity index (χ4n) is 3.32. The van der Waals surface area contributed by atoms with Crippen LogP contribution in [0.2, 0.25) is 0 Å². The molecule has 1 aliphatic rings. The third-order valence-electron chi connectivity index (χ3n) is 4.69. The predicted octanol–water partition coefficient (Wildman–Crippen LogP) is 2.10. The van der Waals surface area contributed by atoms with Crippen molar-refractivity contribution in [3.05, 3.63) is 29.8 Å². The van der Waals surface area contributed by atoms with E-state index in [4.69, 9.17) is 4.74 Å². The minimum atomic E-state index is -0.535. The van der Waals surface area contributed by atoms with Crippen LogP contribution in [0.1, 0.15) is 38.2 Å². The van der Waals surface area contributed by atoms with Crippen molar-refractivity contribution in [3.63, 3.8) is 0 Å². The zero-order chi connectivity index (χ0) is 17.0. The minimum absolute atomic E-state index is 0.0529. The van der Waals surface area contributed by atoms with Gasteiger partial charge in [0.25, 0.3) is 0 Å². The molecule has 1 unspecified atom stereocenters. The second-order valence-corrected chi connectivity index (χ2v) is 6.45. The van der Waals surface area contributed by atoms with E-state index in [1.165, 1.54) is 4.90 Å². The zero-order valence-electron chi connectivity index (χ0n) is 14.4. The molecule has 1 aliphatic carbocycles. The topological polar surface area (TPSA) is 58.6 Å². The molecule has 0 spiro atoms. The maximum Gasteiger partial charge on any atom is 0.244 e. The summed E-state index contributed by atoms with van der Waals surface area (Å²) in [5.41, 5.74) is 0.463. The lowest BCUT2D eigenvalue weighted by Gasteiger charge is -2.30. The van der Waals surface area contributed by atoms with Crippen LogP contribution in [0.5, 0.6) is 5.75 Å². The van der Waals surface area contributed by atoms with Crippen LogP contribution in [0.25, 0.3) is 0 Å². The van der Waals surface area contributed by atoms with Crippen molar-refractivity contribution in [1.82, 2.24) is 10.2 Å². The highest BCUT2D eigenvalue weighted by atomic mass is 16.5. The molecular weight excluding hydrogens is 292 g/mol. The lowest BCUT2D eigenvalue weighted by molar-refractivity contribution is -0.135. The average molecular weight is 318 g/mol. The number of methoxy groups -OCH3 is 1. The highest BCUT2D eigenvalue weighted by Crippen LogP contribution is 2.41. The molecule has 126 valence electrons. The maximum atomic E-state index is 12.9. The van der Waals surface area contributed by atoms with Crippen LogP contribution in [0.15, 0.2) is 24.3 Å². The molecule has 0 aromatic heterocycles. The van der Waals surface area contributed by atoms with Gasteiger partial charge >= 0.3 is 0 Å². The summed E-state index contributed by atoms with van der Waals surface area (Å²) >= 11 is 0. The molecule has 0 saturated heterocycles. The standard InChI is InChI=1S/C18H26N2O3/c1-13(16(21)20(2)3)19-17(22)18(11-5-6-12-18)14-7-9-15(23-4)10-8-14/h7-10,13H,5-6,11-12H2,1-4H3,(H,19,22). The number of hydrogen-bond acceptors (Lipinski definition) is 3. The number of likely N-dealkylation sites (N-methyl/N-ethyl adjacent to an activating group) is 1. The molecule has 1 fully saturated rings. The van der Waals surface area contributed by atoms with E-state index in [1.807, 2.05) is 24.3 Å². The van der Waals surface area contributed by atoms with Gasteiger partial charge in [-0.05, 0) is 37.5 Å². The molecular formula is C18H26N2O3. The summed E-state index contributed by atoms with van der Waals surface area (Å²) in [7, 11) is 5.02. The first-order chi connectivity index (χ1) is 10.9. The van der Waals surface area contributed by atoms with Gasteiger partial charge in [0.2, 0.25) is 11.8 Å². The molecule has 1 aromatic rings. The summed E-state index contributed by atoms with van der Waals surface area (Å²) in [5.74, 6) is 0.627. The number of nitrogens with zero attached hydrogens (tertiary/aromatic N) is 1. The van der Waals surface area contributed by atoms with E-state index >= 15 is 0 Å². The number of benzene rings is 1. The average Bonchev–Trinajstić information content (AvgIpc) is 3.05. The number of carbonyl (C=O) groups excluding carboxylic acids is 2. The molecule has 0 aliphatic heterocycles. The Morgan fingerprint density at radius 3 is 2.22 bits per heavy atom. The summed E-state index contributed by atoms with van der Waals surface area (Å²) in [5, 5.41) is 2.91. The van der Waals surface area contributed by atoms with E-state index in [-0.39, 0.29) is 11.8 Å². The molecule has 2 rings (SSSR count). The monoisotopic (exact) mass is 318 g/mol. The Labute approximate surface area is 138 Å². The number of amides is 2. The fraction of sp³-hybridized carbons (Fsp3) is 0.556. The first-order valence-electron chi connectivity index (χ1n) is 8.07. The third-order valence-corrected chi connectivity index (χ3v) is 4.69. The number of hydrogen-bond donors (Lipinski definition) is 1. The molecule has 1 atom stereocenters. The normalized spacial score (nSPS) is 17.4. The van der Waals surface area contributed by atoms with Gasteiger partial charge in [-0.2, -0.15) is 0 Å². The van der Waals surface area contributed by atoms with Crippen molar-refractivity contribution >= 4 is 11.8 Å². The molecule has 0 radical (unpaired) electrons. The minimum Gasteiger partial charge on any atom is -0.497 e. The summed E-state index contributed by atoms with van der Waals surface area (Å²) in [6, 6.07) is 7.17. The van der Waals surface area contributed by atoms with Crippen LogP contribution < -0.4 is 10.1 Å². The van der Waals surface area contributed by atoms with Gasteiger partial charge in [0.05, 0.1) is 12.5 Å². The van der Waals surface area contributed by atoms with Crippen LogP contribution in [0, 0.1) is 0 Å². The van der Waals surface area contributed by atoms with Gasteiger partial charge in [-0.1, -0.05) is 25.0 Å². The number of carbonyl (C=O) groups is 2. The Balaban J connectivity index is 2.22. The SMILES string of the molecule is COc1ccc(C2(C(=O)NC(C)C(=O)N(C)C)CCCC2)cc1. The number of rotatable bonds is 5. The quantitative estimate of drug-likeness (QED) is 0.904. The van der Waals surface area contributed by atoms with E-state index in [0.717, 1.165) is 37.0 Å². The highest BCUT2D eigenvalue weighted by Gasteiger charge is 2.43. The zero-order valence-corrected chi connectivity index (χ0v) is 14.4. The molecule has 5 nitrogen and oxygen atoms in total. The first-order valence-corrected chi connectivity index (χ1v) is 8.07. The molecule has 23 heavy (non-hydrogen) atoms. The van der Waals surface area contributed by atoms with Crippen molar-refractivity contribution in [1.29, 1.82) is 0 Å². The summed E-state index contributed by atoms with van der Waals surface area (Å²) in [4.78, 5) is 26.5. The number of nitrogens with one attached hydrogen (secondary N) is 1. The van der Waals surface area contributed by atoms with E-state index in [1.54, 1.807) is 28.1 Å². The first kappa shape index (κ1) is 17.3. The second-order valence-electron chi connectivity index (χ2n) is 6.45. The van der Waals surface area contributed by atoms with Crippen molar-refractivity contribution < 1.29 is 14.3 Å². The van der Waals surface area contributed by atoms with Crippen LogP contribution in [-0.2, 0) is 15.0 Å². The van der Waals surface area contributed by atoms with Gasteiger partial charge in [-0.15, -0.1) is 0 Å². The van der Waals surface area contributed by atoms with Crippen molar-refractivity contribution in [2.24, 2.45) is 0 Å². The summed E-state index contributed by atoms with van der Waals surface area (Å²) < 4.78 is 5.20. The molecule has 0 heterocycles. The largest absolute Gasteiger partial charge is 0.497 e. The fourth-order valence-corrected chi connectivity index (χ4v) is 3.32. The van der Waals surface area contributed by atoms with Crippen LogP contribution in [0.4, 0.5) is 0 Å². The van der Waals surface area contributed by atoms with Gasteiger partial charge in [-0.3, -0.25) is 9.59 Å². The van der Waals surface area contributed by atoms with Crippen molar-refractivity contribution in [3.8, 4) is 5.75 Å².